The molecule has 1 N–H and O–H groups in total. The van der Waals surface area contributed by atoms with Crippen molar-refractivity contribution in [3.63, 3.8) is 0 Å². The van der Waals surface area contributed by atoms with Crippen molar-refractivity contribution in [3.05, 3.63) is 35.0 Å². The zero-order valence-electron chi connectivity index (χ0n) is 16.4. The summed E-state index contributed by atoms with van der Waals surface area (Å²) >= 11 is 6.15. The Morgan fingerprint density at radius 3 is 2.81 bits per heavy atom. The molecule has 1 aromatic heterocycles. The SMILES string of the molecule is CC(C)n1c(C(=O)NCC2CCCN3CCCCC23)cc2cc(Cl)ccc21. The number of aromatic nitrogens is 1. The monoisotopic (exact) mass is 387 g/mol. The van der Waals surface area contributed by atoms with E-state index in [1.807, 2.05) is 24.3 Å². The van der Waals surface area contributed by atoms with Crippen molar-refractivity contribution in [2.75, 3.05) is 19.6 Å². The van der Waals surface area contributed by atoms with Crippen LogP contribution in [0.1, 0.15) is 62.5 Å². The first-order valence-corrected chi connectivity index (χ1v) is 10.7. The summed E-state index contributed by atoms with van der Waals surface area (Å²) in [5.74, 6) is 0.610. The van der Waals surface area contributed by atoms with E-state index in [2.05, 4.69) is 28.6 Å². The van der Waals surface area contributed by atoms with E-state index in [0.717, 1.165) is 23.1 Å². The summed E-state index contributed by atoms with van der Waals surface area (Å²) in [6.45, 7) is 7.48. The zero-order valence-corrected chi connectivity index (χ0v) is 17.1. The van der Waals surface area contributed by atoms with Gasteiger partial charge in [0.2, 0.25) is 0 Å². The second kappa shape index (κ2) is 7.84. The molecule has 0 aliphatic carbocycles. The molecule has 2 saturated heterocycles. The van der Waals surface area contributed by atoms with E-state index in [4.69, 9.17) is 11.6 Å². The molecular formula is C22H30ClN3O. The number of nitrogens with zero attached hydrogens (tertiary/aromatic N) is 2. The molecule has 146 valence electrons. The Bertz CT molecular complexity index is 826. The van der Waals surface area contributed by atoms with Gasteiger partial charge in [0.15, 0.2) is 0 Å². The third-order valence-corrected chi connectivity index (χ3v) is 6.54. The molecule has 0 saturated carbocycles. The quantitative estimate of drug-likeness (QED) is 0.812. The van der Waals surface area contributed by atoms with E-state index in [9.17, 15) is 4.79 Å². The normalized spacial score (nSPS) is 23.6. The van der Waals surface area contributed by atoms with Crippen LogP contribution in [0.4, 0.5) is 0 Å². The van der Waals surface area contributed by atoms with Gasteiger partial charge < -0.3 is 14.8 Å². The average Bonchev–Trinajstić information content (AvgIpc) is 3.05. The number of carbonyl (C=O) groups excluding carboxylic acids is 1. The Balaban J connectivity index is 1.52. The minimum Gasteiger partial charge on any atom is -0.350 e. The standard InChI is InChI=1S/C22H30ClN3O/c1-15(2)26-20-9-8-18(23)12-17(20)13-21(26)22(27)24-14-16-6-5-11-25-10-4-3-7-19(16)25/h8-9,12-13,15-16,19H,3-7,10-11,14H2,1-2H3,(H,24,27). The van der Waals surface area contributed by atoms with Crippen LogP contribution < -0.4 is 5.32 Å². The maximum atomic E-state index is 13.0. The van der Waals surface area contributed by atoms with Crippen LogP contribution in [0.3, 0.4) is 0 Å². The highest BCUT2D eigenvalue weighted by atomic mass is 35.5. The van der Waals surface area contributed by atoms with Crippen LogP contribution in [-0.2, 0) is 0 Å². The van der Waals surface area contributed by atoms with Crippen LogP contribution in [-0.4, -0.2) is 41.1 Å². The number of piperidine rings is 2. The third kappa shape index (κ3) is 3.74. The maximum absolute atomic E-state index is 13.0. The number of nitrogens with one attached hydrogen (secondary N) is 1. The highest BCUT2D eigenvalue weighted by Gasteiger charge is 2.33. The van der Waals surface area contributed by atoms with Crippen LogP contribution in [0, 0.1) is 5.92 Å². The minimum atomic E-state index is 0.0314. The number of fused-ring (bicyclic) bond motifs is 2. The molecule has 2 unspecified atom stereocenters. The van der Waals surface area contributed by atoms with Gasteiger partial charge in [0.05, 0.1) is 0 Å². The van der Waals surface area contributed by atoms with Gasteiger partial charge in [0, 0.05) is 34.6 Å². The Morgan fingerprint density at radius 2 is 2.00 bits per heavy atom. The van der Waals surface area contributed by atoms with E-state index in [1.54, 1.807) is 0 Å². The molecule has 0 bridgehead atoms. The molecule has 0 radical (unpaired) electrons. The first-order chi connectivity index (χ1) is 13.0. The lowest BCUT2D eigenvalue weighted by Gasteiger charge is -2.44. The topological polar surface area (TPSA) is 37.3 Å². The molecule has 2 aliphatic rings. The summed E-state index contributed by atoms with van der Waals surface area (Å²) in [6, 6.07) is 8.69. The molecule has 2 aromatic rings. The number of rotatable bonds is 4. The maximum Gasteiger partial charge on any atom is 0.267 e. The Morgan fingerprint density at radius 1 is 1.19 bits per heavy atom. The molecule has 4 rings (SSSR count). The van der Waals surface area contributed by atoms with Gasteiger partial charge in [-0.05, 0) is 82.8 Å². The lowest BCUT2D eigenvalue weighted by molar-refractivity contribution is 0.0574. The lowest BCUT2D eigenvalue weighted by atomic mass is 9.83. The largest absolute Gasteiger partial charge is 0.350 e. The molecule has 3 heterocycles. The Labute approximate surface area is 166 Å². The Kier molecular flexibility index (Phi) is 5.47. The zero-order chi connectivity index (χ0) is 19.0. The molecule has 4 nitrogen and oxygen atoms in total. The second-order valence-corrected chi connectivity index (χ2v) is 8.84. The number of hydrogen-bond acceptors (Lipinski definition) is 2. The van der Waals surface area contributed by atoms with Crippen molar-refractivity contribution < 1.29 is 4.79 Å². The first-order valence-electron chi connectivity index (χ1n) is 10.4. The van der Waals surface area contributed by atoms with Gasteiger partial charge in [-0.2, -0.15) is 0 Å². The molecule has 0 spiro atoms. The molecule has 2 aliphatic heterocycles. The van der Waals surface area contributed by atoms with Crippen molar-refractivity contribution in [2.45, 2.75) is 58.0 Å². The molecular weight excluding hydrogens is 358 g/mol. The summed E-state index contributed by atoms with van der Waals surface area (Å²) < 4.78 is 2.12. The van der Waals surface area contributed by atoms with E-state index in [0.29, 0.717) is 17.0 Å². The van der Waals surface area contributed by atoms with Gasteiger partial charge in [-0.15, -0.1) is 0 Å². The van der Waals surface area contributed by atoms with Gasteiger partial charge in [-0.1, -0.05) is 18.0 Å². The van der Waals surface area contributed by atoms with Crippen molar-refractivity contribution in [1.29, 1.82) is 0 Å². The van der Waals surface area contributed by atoms with E-state index < -0.39 is 0 Å². The van der Waals surface area contributed by atoms with Crippen LogP contribution in [0.2, 0.25) is 5.02 Å². The van der Waals surface area contributed by atoms with Crippen LogP contribution in [0.5, 0.6) is 0 Å². The summed E-state index contributed by atoms with van der Waals surface area (Å²) in [6.07, 6.45) is 6.41. The fourth-order valence-electron chi connectivity index (χ4n) is 5.07. The molecule has 5 heteroatoms. The van der Waals surface area contributed by atoms with Crippen LogP contribution >= 0.6 is 11.6 Å². The Hall–Kier alpha value is -1.52. The van der Waals surface area contributed by atoms with Crippen molar-refractivity contribution >= 4 is 28.4 Å². The predicted octanol–water partition coefficient (Wildman–Crippen LogP) is 4.87. The number of hydrogen-bond donors (Lipinski definition) is 1. The van der Waals surface area contributed by atoms with E-state index in [-0.39, 0.29) is 11.9 Å². The number of benzene rings is 1. The highest BCUT2D eigenvalue weighted by molar-refractivity contribution is 6.31. The predicted molar refractivity (Wildman–Crippen MR) is 112 cm³/mol. The molecule has 1 aromatic carbocycles. The van der Waals surface area contributed by atoms with Gasteiger partial charge >= 0.3 is 0 Å². The summed E-state index contributed by atoms with van der Waals surface area (Å²) in [5.41, 5.74) is 1.80. The number of carbonyl (C=O) groups is 1. The average molecular weight is 388 g/mol. The van der Waals surface area contributed by atoms with Crippen molar-refractivity contribution in [2.24, 2.45) is 5.92 Å². The van der Waals surface area contributed by atoms with Gasteiger partial charge in [-0.25, -0.2) is 0 Å². The minimum absolute atomic E-state index is 0.0314. The van der Waals surface area contributed by atoms with E-state index >= 15 is 0 Å². The van der Waals surface area contributed by atoms with Gasteiger partial charge in [0.25, 0.3) is 5.91 Å². The molecule has 27 heavy (non-hydrogen) atoms. The molecule has 1 amide bonds. The third-order valence-electron chi connectivity index (χ3n) is 6.30. The van der Waals surface area contributed by atoms with Gasteiger partial charge in [0.1, 0.15) is 5.69 Å². The summed E-state index contributed by atoms with van der Waals surface area (Å²) in [7, 11) is 0. The number of amides is 1. The van der Waals surface area contributed by atoms with Crippen molar-refractivity contribution in [3.8, 4) is 0 Å². The highest BCUT2D eigenvalue weighted by Crippen LogP contribution is 2.31. The smallest absolute Gasteiger partial charge is 0.267 e. The van der Waals surface area contributed by atoms with Crippen LogP contribution in [0.15, 0.2) is 24.3 Å². The van der Waals surface area contributed by atoms with Crippen molar-refractivity contribution in [1.82, 2.24) is 14.8 Å². The fraction of sp³-hybridized carbons (Fsp3) is 0.591. The number of halogens is 1. The van der Waals surface area contributed by atoms with Crippen LogP contribution in [0.25, 0.3) is 10.9 Å². The summed E-state index contributed by atoms with van der Waals surface area (Å²) in [4.78, 5) is 15.7. The van der Waals surface area contributed by atoms with Gasteiger partial charge in [-0.3, -0.25) is 4.79 Å². The summed E-state index contributed by atoms with van der Waals surface area (Å²) in [5, 5.41) is 4.98. The molecule has 2 fully saturated rings. The first kappa shape index (κ1) is 18.8. The fourth-order valence-corrected chi connectivity index (χ4v) is 5.25. The second-order valence-electron chi connectivity index (χ2n) is 8.41. The van der Waals surface area contributed by atoms with E-state index in [1.165, 1.54) is 45.2 Å². The lowest BCUT2D eigenvalue weighted by Crippen LogP contribution is -2.51. The molecule has 2 atom stereocenters.